The molecular weight excluding hydrogens is 232 g/mol. The molecule has 0 heterocycles. The fourth-order valence-electron chi connectivity index (χ4n) is 1.02. The number of ether oxygens (including phenoxy) is 2. The number of methoxy groups -OCH3 is 1. The van der Waals surface area contributed by atoms with Gasteiger partial charge < -0.3 is 14.6 Å². The molecule has 0 aliphatic heterocycles. The van der Waals surface area contributed by atoms with Crippen LogP contribution in [0.3, 0.4) is 0 Å². The highest BCUT2D eigenvalue weighted by Crippen LogP contribution is 2.25. The Labute approximate surface area is 107 Å². The first kappa shape index (κ1) is 15.9. The summed E-state index contributed by atoms with van der Waals surface area (Å²) in [4.78, 5) is 10.2. The van der Waals surface area contributed by atoms with Crippen molar-refractivity contribution in [1.29, 1.82) is 0 Å². The second-order valence-corrected chi connectivity index (χ2v) is 3.16. The van der Waals surface area contributed by atoms with E-state index in [9.17, 15) is 4.79 Å². The summed E-state index contributed by atoms with van der Waals surface area (Å²) in [7, 11) is 1.45. The first-order valence-corrected chi connectivity index (χ1v) is 5.31. The van der Waals surface area contributed by atoms with Crippen molar-refractivity contribution in [3.8, 4) is 11.5 Å². The van der Waals surface area contributed by atoms with Crippen LogP contribution in [0, 0.1) is 0 Å². The summed E-state index contributed by atoms with van der Waals surface area (Å²) < 4.78 is 9.67. The monoisotopic (exact) mass is 250 g/mol. The SMILES string of the molecule is C=CCOCC=C.COc1ccc(C=O)cc1O. The molecule has 0 bridgehead atoms. The number of carbonyl (C=O) groups excluding carboxylic acids is 1. The molecule has 0 radical (unpaired) electrons. The minimum absolute atomic E-state index is 0.0166. The quantitative estimate of drug-likeness (QED) is 0.479. The first-order valence-electron chi connectivity index (χ1n) is 5.31. The van der Waals surface area contributed by atoms with Crippen molar-refractivity contribution >= 4 is 6.29 Å². The van der Waals surface area contributed by atoms with E-state index in [-0.39, 0.29) is 5.75 Å². The van der Waals surface area contributed by atoms with Gasteiger partial charge in [-0.2, -0.15) is 0 Å². The van der Waals surface area contributed by atoms with E-state index in [0.29, 0.717) is 30.8 Å². The van der Waals surface area contributed by atoms with Gasteiger partial charge in [-0.1, -0.05) is 12.2 Å². The Balaban J connectivity index is 0.000000360. The molecule has 0 aliphatic carbocycles. The number of hydrogen-bond acceptors (Lipinski definition) is 4. The fourth-order valence-corrected chi connectivity index (χ4v) is 1.02. The second-order valence-electron chi connectivity index (χ2n) is 3.16. The number of carbonyl (C=O) groups is 1. The molecule has 4 nitrogen and oxygen atoms in total. The fraction of sp³-hybridized carbons (Fsp3) is 0.214. The lowest BCUT2D eigenvalue weighted by Gasteiger charge is -2.01. The molecule has 1 aromatic rings. The highest BCUT2D eigenvalue weighted by atomic mass is 16.5. The number of hydrogen-bond donors (Lipinski definition) is 1. The van der Waals surface area contributed by atoms with Crippen LogP contribution in [-0.4, -0.2) is 31.7 Å². The molecular formula is C14H18O4. The number of phenolic OH excluding ortho intramolecular Hbond substituents is 1. The number of rotatable bonds is 6. The van der Waals surface area contributed by atoms with Gasteiger partial charge in [0.15, 0.2) is 11.5 Å². The van der Waals surface area contributed by atoms with Crippen molar-refractivity contribution in [3.05, 3.63) is 49.1 Å². The van der Waals surface area contributed by atoms with Gasteiger partial charge in [0.25, 0.3) is 0 Å². The topological polar surface area (TPSA) is 55.8 Å². The van der Waals surface area contributed by atoms with Crippen molar-refractivity contribution in [2.45, 2.75) is 0 Å². The molecule has 0 saturated carbocycles. The van der Waals surface area contributed by atoms with Gasteiger partial charge in [0.1, 0.15) is 6.29 Å². The molecule has 0 atom stereocenters. The van der Waals surface area contributed by atoms with Gasteiger partial charge in [-0.05, 0) is 18.2 Å². The van der Waals surface area contributed by atoms with E-state index in [4.69, 9.17) is 14.6 Å². The van der Waals surface area contributed by atoms with E-state index in [2.05, 4.69) is 13.2 Å². The zero-order chi connectivity index (χ0) is 13.8. The molecule has 1 N–H and O–H groups in total. The maximum atomic E-state index is 10.2. The Bertz CT molecular complexity index is 377. The molecule has 4 heteroatoms. The van der Waals surface area contributed by atoms with Gasteiger partial charge in [0.05, 0.1) is 20.3 Å². The third-order valence-corrected chi connectivity index (χ3v) is 1.81. The van der Waals surface area contributed by atoms with Crippen LogP contribution >= 0.6 is 0 Å². The molecule has 1 rings (SSSR count). The van der Waals surface area contributed by atoms with Crippen LogP contribution in [0.4, 0.5) is 0 Å². The van der Waals surface area contributed by atoms with Crippen LogP contribution in [-0.2, 0) is 4.74 Å². The highest BCUT2D eigenvalue weighted by Gasteiger charge is 2.00. The van der Waals surface area contributed by atoms with E-state index in [1.165, 1.54) is 13.2 Å². The molecule has 0 amide bonds. The molecule has 18 heavy (non-hydrogen) atoms. The molecule has 1 aromatic carbocycles. The van der Waals surface area contributed by atoms with Crippen LogP contribution in [0.5, 0.6) is 11.5 Å². The Morgan fingerprint density at radius 3 is 2.28 bits per heavy atom. The van der Waals surface area contributed by atoms with Crippen molar-refractivity contribution in [1.82, 2.24) is 0 Å². The summed E-state index contributed by atoms with van der Waals surface area (Å²) in [5.74, 6) is 0.354. The van der Waals surface area contributed by atoms with Crippen molar-refractivity contribution in [2.75, 3.05) is 20.3 Å². The zero-order valence-corrected chi connectivity index (χ0v) is 10.5. The van der Waals surface area contributed by atoms with Crippen LogP contribution in [0.15, 0.2) is 43.5 Å². The van der Waals surface area contributed by atoms with E-state index < -0.39 is 0 Å². The lowest BCUT2D eigenvalue weighted by Crippen LogP contribution is -1.87. The summed E-state index contributed by atoms with van der Waals surface area (Å²) in [5.41, 5.74) is 0.434. The van der Waals surface area contributed by atoms with Gasteiger partial charge >= 0.3 is 0 Å². The average molecular weight is 250 g/mol. The van der Waals surface area contributed by atoms with Crippen molar-refractivity contribution in [2.24, 2.45) is 0 Å². The molecule has 0 aromatic heterocycles. The van der Waals surface area contributed by atoms with E-state index in [0.717, 1.165) is 0 Å². The Kier molecular flexibility index (Phi) is 8.95. The van der Waals surface area contributed by atoms with E-state index >= 15 is 0 Å². The molecule has 0 spiro atoms. The Morgan fingerprint density at radius 1 is 1.28 bits per heavy atom. The van der Waals surface area contributed by atoms with Crippen molar-refractivity contribution in [3.63, 3.8) is 0 Å². The Hall–Kier alpha value is -2.07. The number of phenols is 1. The summed E-state index contributed by atoms with van der Waals surface area (Å²) in [5, 5.41) is 9.14. The van der Waals surface area contributed by atoms with Gasteiger partial charge in [-0.15, -0.1) is 13.2 Å². The van der Waals surface area contributed by atoms with Crippen molar-refractivity contribution < 1.29 is 19.4 Å². The third-order valence-electron chi connectivity index (χ3n) is 1.81. The molecule has 0 saturated heterocycles. The summed E-state index contributed by atoms with van der Waals surface area (Å²) >= 11 is 0. The largest absolute Gasteiger partial charge is 0.504 e. The minimum Gasteiger partial charge on any atom is -0.504 e. The number of aromatic hydroxyl groups is 1. The predicted octanol–water partition coefficient (Wildman–Crippen LogP) is 2.59. The summed E-state index contributed by atoms with van der Waals surface area (Å²) in [6.07, 6.45) is 4.09. The number of benzene rings is 1. The second kappa shape index (κ2) is 10.1. The zero-order valence-electron chi connectivity index (χ0n) is 10.5. The predicted molar refractivity (Wildman–Crippen MR) is 71.3 cm³/mol. The first-order chi connectivity index (χ1) is 8.69. The lowest BCUT2D eigenvalue weighted by molar-refractivity contribution is 0.112. The standard InChI is InChI=1S/C8H8O3.C6H10O/c1-11-8-3-2-6(5-9)4-7(8)10;1-3-5-7-6-4-2/h2-5,10H,1H3;3-4H,1-2,5-6H2. The smallest absolute Gasteiger partial charge is 0.160 e. The van der Waals surface area contributed by atoms with Gasteiger partial charge in [0, 0.05) is 5.56 Å². The van der Waals surface area contributed by atoms with Crippen LogP contribution in [0.25, 0.3) is 0 Å². The maximum absolute atomic E-state index is 10.2. The molecule has 0 aliphatic rings. The lowest BCUT2D eigenvalue weighted by atomic mass is 10.2. The molecule has 0 unspecified atom stereocenters. The van der Waals surface area contributed by atoms with Crippen LogP contribution in [0.1, 0.15) is 10.4 Å². The summed E-state index contributed by atoms with van der Waals surface area (Å²) in [6.45, 7) is 8.18. The van der Waals surface area contributed by atoms with Gasteiger partial charge in [-0.3, -0.25) is 4.79 Å². The third kappa shape index (κ3) is 6.50. The van der Waals surface area contributed by atoms with Gasteiger partial charge in [0.2, 0.25) is 0 Å². The number of aldehydes is 1. The minimum atomic E-state index is -0.0166. The molecule has 98 valence electrons. The van der Waals surface area contributed by atoms with Crippen LogP contribution < -0.4 is 4.74 Å². The van der Waals surface area contributed by atoms with E-state index in [1.54, 1.807) is 24.3 Å². The van der Waals surface area contributed by atoms with Crippen LogP contribution in [0.2, 0.25) is 0 Å². The highest BCUT2D eigenvalue weighted by molar-refractivity contribution is 5.76. The Morgan fingerprint density at radius 2 is 1.89 bits per heavy atom. The maximum Gasteiger partial charge on any atom is 0.160 e. The average Bonchev–Trinajstić information content (AvgIpc) is 2.40. The summed E-state index contributed by atoms with van der Waals surface area (Å²) in [6, 6.07) is 4.47. The normalized spacial score (nSPS) is 8.72. The molecule has 0 fully saturated rings. The van der Waals surface area contributed by atoms with E-state index in [1.807, 2.05) is 0 Å². The van der Waals surface area contributed by atoms with Gasteiger partial charge in [-0.25, -0.2) is 0 Å².